The summed E-state index contributed by atoms with van der Waals surface area (Å²) < 4.78 is 10.4. The van der Waals surface area contributed by atoms with E-state index in [1.165, 1.54) is 18.7 Å². The van der Waals surface area contributed by atoms with Gasteiger partial charge in [-0.2, -0.15) is 0 Å². The van der Waals surface area contributed by atoms with E-state index < -0.39 is 12.1 Å². The Labute approximate surface area is 168 Å². The van der Waals surface area contributed by atoms with Crippen LogP contribution in [-0.2, 0) is 20.9 Å². The molecule has 2 amide bonds. The maximum atomic E-state index is 12.5. The lowest BCUT2D eigenvalue weighted by atomic mass is 10.2. The fraction of sp³-hybridized carbons (Fsp3) is 0.350. The number of ether oxygens (including phenoxy) is 1. The van der Waals surface area contributed by atoms with E-state index in [1.54, 1.807) is 42.7 Å². The van der Waals surface area contributed by atoms with Crippen molar-refractivity contribution in [2.75, 3.05) is 12.3 Å². The van der Waals surface area contributed by atoms with Crippen molar-refractivity contribution in [2.45, 2.75) is 37.8 Å². The number of thioether (sulfide) groups is 1. The quantitative estimate of drug-likeness (QED) is 0.467. The minimum absolute atomic E-state index is 0.136. The maximum Gasteiger partial charge on any atom is 0.340 e. The third-order valence-corrected chi connectivity index (χ3v) is 4.78. The van der Waals surface area contributed by atoms with Crippen LogP contribution in [0.2, 0.25) is 0 Å². The molecule has 2 aromatic rings. The van der Waals surface area contributed by atoms with Gasteiger partial charge in [0, 0.05) is 11.4 Å². The van der Waals surface area contributed by atoms with Crippen LogP contribution in [-0.4, -0.2) is 36.2 Å². The normalized spacial score (nSPS) is 11.5. The van der Waals surface area contributed by atoms with Gasteiger partial charge in [-0.3, -0.25) is 9.59 Å². The van der Waals surface area contributed by atoms with Crippen LogP contribution in [0.25, 0.3) is 0 Å². The molecule has 0 fully saturated rings. The predicted molar refractivity (Wildman–Crippen MR) is 106 cm³/mol. The summed E-state index contributed by atoms with van der Waals surface area (Å²) in [5.74, 6) is -0.317. The molecule has 2 rings (SSSR count). The number of esters is 1. The van der Waals surface area contributed by atoms with Gasteiger partial charge in [-0.15, -0.1) is 11.8 Å². The van der Waals surface area contributed by atoms with Crippen LogP contribution in [0.4, 0.5) is 0 Å². The lowest BCUT2D eigenvalue weighted by Gasteiger charge is -2.14. The zero-order valence-corrected chi connectivity index (χ0v) is 16.7. The van der Waals surface area contributed by atoms with Crippen LogP contribution < -0.4 is 10.6 Å². The number of amides is 2. The number of furan rings is 1. The standard InChI is InChI=1S/C20H24N2O5S/c1-3-10-21-19(24)14(2)27-20(25)16-8-4-5-9-17(16)28-13-18(23)22-12-15-7-6-11-26-15/h4-9,11,14H,3,10,12-13H2,1-2H3,(H,21,24)(H,22,23)/t14-/m1/s1. The number of carbonyl (C=O) groups is 3. The summed E-state index contributed by atoms with van der Waals surface area (Å²) in [5.41, 5.74) is 0.321. The van der Waals surface area contributed by atoms with Gasteiger partial charge in [-0.05, 0) is 37.6 Å². The van der Waals surface area contributed by atoms with Crippen molar-refractivity contribution >= 4 is 29.5 Å². The lowest BCUT2D eigenvalue weighted by molar-refractivity contribution is -0.129. The van der Waals surface area contributed by atoms with Gasteiger partial charge >= 0.3 is 5.97 Å². The Bertz CT molecular complexity index is 792. The molecule has 0 saturated carbocycles. The van der Waals surface area contributed by atoms with E-state index >= 15 is 0 Å². The molecule has 1 atom stereocenters. The highest BCUT2D eigenvalue weighted by Crippen LogP contribution is 2.23. The van der Waals surface area contributed by atoms with Crippen molar-refractivity contribution in [1.29, 1.82) is 0 Å². The van der Waals surface area contributed by atoms with Crippen LogP contribution in [0.3, 0.4) is 0 Å². The van der Waals surface area contributed by atoms with Crippen molar-refractivity contribution < 1.29 is 23.5 Å². The van der Waals surface area contributed by atoms with Crippen LogP contribution in [0, 0.1) is 0 Å². The monoisotopic (exact) mass is 404 g/mol. The molecule has 0 spiro atoms. The third kappa shape index (κ3) is 6.77. The fourth-order valence-corrected chi connectivity index (χ4v) is 3.09. The van der Waals surface area contributed by atoms with Crippen molar-refractivity contribution in [3.8, 4) is 0 Å². The number of carbonyl (C=O) groups excluding carboxylic acids is 3. The second kappa shape index (κ2) is 11.2. The zero-order valence-electron chi connectivity index (χ0n) is 15.9. The second-order valence-electron chi connectivity index (χ2n) is 5.98. The molecular formula is C20H24N2O5S. The number of benzene rings is 1. The highest BCUT2D eigenvalue weighted by Gasteiger charge is 2.20. The average molecular weight is 404 g/mol. The smallest absolute Gasteiger partial charge is 0.340 e. The van der Waals surface area contributed by atoms with Crippen LogP contribution >= 0.6 is 11.8 Å². The fourth-order valence-electron chi connectivity index (χ4n) is 2.22. The van der Waals surface area contributed by atoms with Gasteiger partial charge in [0.05, 0.1) is 24.1 Å². The number of hydrogen-bond donors (Lipinski definition) is 2. The van der Waals surface area contributed by atoms with Crippen molar-refractivity contribution in [2.24, 2.45) is 0 Å². The summed E-state index contributed by atoms with van der Waals surface area (Å²) in [6, 6.07) is 10.4. The Morgan fingerprint density at radius 3 is 2.64 bits per heavy atom. The number of nitrogens with one attached hydrogen (secondary N) is 2. The van der Waals surface area contributed by atoms with E-state index in [-0.39, 0.29) is 17.6 Å². The largest absolute Gasteiger partial charge is 0.467 e. The molecule has 1 aromatic heterocycles. The summed E-state index contributed by atoms with van der Waals surface area (Å²) in [7, 11) is 0. The van der Waals surface area contributed by atoms with Crippen LogP contribution in [0.15, 0.2) is 52.0 Å². The molecule has 7 nitrogen and oxygen atoms in total. The highest BCUT2D eigenvalue weighted by atomic mass is 32.2. The van der Waals surface area contributed by atoms with E-state index in [4.69, 9.17) is 9.15 Å². The molecular weight excluding hydrogens is 380 g/mol. The first-order valence-electron chi connectivity index (χ1n) is 9.00. The van der Waals surface area contributed by atoms with Gasteiger partial charge in [0.1, 0.15) is 5.76 Å². The van der Waals surface area contributed by atoms with Crippen molar-refractivity contribution in [1.82, 2.24) is 10.6 Å². The molecule has 2 N–H and O–H groups in total. The zero-order chi connectivity index (χ0) is 20.4. The Kier molecular flexibility index (Phi) is 8.61. The molecule has 0 bridgehead atoms. The maximum absolute atomic E-state index is 12.5. The van der Waals surface area contributed by atoms with Crippen molar-refractivity contribution in [3.05, 3.63) is 54.0 Å². The van der Waals surface area contributed by atoms with E-state index in [2.05, 4.69) is 10.6 Å². The van der Waals surface area contributed by atoms with Gasteiger partial charge in [0.25, 0.3) is 5.91 Å². The second-order valence-corrected chi connectivity index (χ2v) is 7.00. The average Bonchev–Trinajstić information content (AvgIpc) is 3.22. The molecule has 150 valence electrons. The summed E-state index contributed by atoms with van der Waals surface area (Å²) in [6.45, 7) is 4.30. The third-order valence-electron chi connectivity index (χ3n) is 3.71. The SMILES string of the molecule is CCCNC(=O)[C@@H](C)OC(=O)c1ccccc1SCC(=O)NCc1ccco1. The van der Waals surface area contributed by atoms with Gasteiger partial charge in [-0.25, -0.2) is 4.79 Å². The molecule has 1 heterocycles. The van der Waals surface area contributed by atoms with Gasteiger partial charge in [0.2, 0.25) is 5.91 Å². The van der Waals surface area contributed by atoms with E-state index in [0.29, 0.717) is 29.3 Å². The Hall–Kier alpha value is -2.74. The molecule has 28 heavy (non-hydrogen) atoms. The molecule has 8 heteroatoms. The molecule has 1 aromatic carbocycles. The summed E-state index contributed by atoms with van der Waals surface area (Å²) in [6.07, 6.45) is 1.45. The summed E-state index contributed by atoms with van der Waals surface area (Å²) >= 11 is 1.23. The van der Waals surface area contributed by atoms with Gasteiger partial charge in [-0.1, -0.05) is 19.1 Å². The Morgan fingerprint density at radius 1 is 1.14 bits per heavy atom. The van der Waals surface area contributed by atoms with Crippen molar-refractivity contribution in [3.63, 3.8) is 0 Å². The van der Waals surface area contributed by atoms with Crippen LogP contribution in [0.1, 0.15) is 36.4 Å². The minimum atomic E-state index is -0.895. The Morgan fingerprint density at radius 2 is 1.93 bits per heavy atom. The predicted octanol–water partition coefficient (Wildman–Crippen LogP) is 2.76. The summed E-state index contributed by atoms with van der Waals surface area (Å²) in [5, 5.41) is 5.44. The molecule has 0 aliphatic carbocycles. The molecule has 0 aliphatic rings. The van der Waals surface area contributed by atoms with Gasteiger partial charge < -0.3 is 19.8 Å². The molecule has 0 aliphatic heterocycles. The lowest BCUT2D eigenvalue weighted by Crippen LogP contribution is -2.36. The molecule has 0 saturated heterocycles. The van der Waals surface area contributed by atoms with E-state index in [0.717, 1.165) is 6.42 Å². The van der Waals surface area contributed by atoms with Gasteiger partial charge in [0.15, 0.2) is 6.10 Å². The van der Waals surface area contributed by atoms with E-state index in [1.807, 2.05) is 6.92 Å². The van der Waals surface area contributed by atoms with Crippen LogP contribution in [0.5, 0.6) is 0 Å². The molecule has 0 unspecified atom stereocenters. The first kappa shape index (κ1) is 21.6. The molecule has 0 radical (unpaired) electrons. The minimum Gasteiger partial charge on any atom is -0.467 e. The Balaban J connectivity index is 1.89. The highest BCUT2D eigenvalue weighted by molar-refractivity contribution is 8.00. The first-order chi connectivity index (χ1) is 13.5. The topological polar surface area (TPSA) is 97.6 Å². The first-order valence-corrected chi connectivity index (χ1v) is 9.99. The number of rotatable bonds is 10. The summed E-state index contributed by atoms with van der Waals surface area (Å²) in [4.78, 5) is 37.0. The van der Waals surface area contributed by atoms with E-state index in [9.17, 15) is 14.4 Å². The number of hydrogen-bond acceptors (Lipinski definition) is 6.